The van der Waals surface area contributed by atoms with Crippen LogP contribution in [0.15, 0.2) is 17.5 Å². The lowest BCUT2D eigenvalue weighted by atomic mass is 10.2. The van der Waals surface area contributed by atoms with Gasteiger partial charge in [0.1, 0.15) is 0 Å². The summed E-state index contributed by atoms with van der Waals surface area (Å²) in [6, 6.07) is 4.08. The Morgan fingerprint density at radius 2 is 2.46 bits per heavy atom. The summed E-state index contributed by atoms with van der Waals surface area (Å²) in [4.78, 5) is 1.15. The minimum atomic E-state index is -0.508. The summed E-state index contributed by atoms with van der Waals surface area (Å²) in [6.45, 7) is 4.87. The molecule has 0 aliphatic carbocycles. The van der Waals surface area contributed by atoms with Crippen molar-refractivity contribution in [2.75, 3.05) is 6.61 Å². The topological polar surface area (TPSA) is 18.5 Å². The second kappa shape index (κ2) is 3.40. The number of thiophene rings is 1. The molecule has 2 rings (SSSR count). The summed E-state index contributed by atoms with van der Waals surface area (Å²) in [6.07, 6.45) is 1.28. The van der Waals surface area contributed by atoms with Crippen LogP contribution in [0.5, 0.6) is 0 Å². The molecular weight excluding hydrogens is 184 g/mol. The lowest BCUT2D eigenvalue weighted by Crippen LogP contribution is -2.38. The molecule has 1 fully saturated rings. The highest BCUT2D eigenvalue weighted by Crippen LogP contribution is 2.35. The van der Waals surface area contributed by atoms with Crippen LogP contribution < -0.4 is 0 Å². The van der Waals surface area contributed by atoms with Gasteiger partial charge >= 0.3 is 0 Å². The monoisotopic (exact) mass is 198 g/mol. The number of rotatable bonds is 1. The van der Waals surface area contributed by atoms with E-state index in [4.69, 9.17) is 9.47 Å². The molecule has 0 radical (unpaired) electrons. The normalized spacial score (nSPS) is 34.8. The molecule has 0 bridgehead atoms. The molecule has 3 heteroatoms. The average Bonchev–Trinajstić information content (AvgIpc) is 2.55. The summed E-state index contributed by atoms with van der Waals surface area (Å²) in [5, 5.41) is 2.05. The van der Waals surface area contributed by atoms with Crippen molar-refractivity contribution >= 4 is 11.3 Å². The van der Waals surface area contributed by atoms with Crippen molar-refractivity contribution in [2.24, 2.45) is 0 Å². The Balaban J connectivity index is 2.20. The second-order valence-electron chi connectivity index (χ2n) is 3.49. The number of hydrogen-bond acceptors (Lipinski definition) is 3. The molecule has 1 saturated heterocycles. The van der Waals surface area contributed by atoms with Gasteiger partial charge in [-0.1, -0.05) is 6.07 Å². The van der Waals surface area contributed by atoms with Crippen molar-refractivity contribution in [3.8, 4) is 0 Å². The minimum Gasteiger partial charge on any atom is -0.345 e. The van der Waals surface area contributed by atoms with E-state index in [1.54, 1.807) is 11.3 Å². The van der Waals surface area contributed by atoms with Crippen molar-refractivity contribution in [1.82, 2.24) is 0 Å². The molecule has 0 N–H and O–H groups in total. The van der Waals surface area contributed by atoms with E-state index in [-0.39, 0.29) is 0 Å². The van der Waals surface area contributed by atoms with Gasteiger partial charge in [-0.15, -0.1) is 11.3 Å². The van der Waals surface area contributed by atoms with Crippen molar-refractivity contribution in [2.45, 2.75) is 32.2 Å². The molecule has 1 aliphatic rings. The van der Waals surface area contributed by atoms with E-state index in [1.165, 1.54) is 0 Å². The molecule has 1 aromatic heterocycles. The summed E-state index contributed by atoms with van der Waals surface area (Å²) in [7, 11) is 0. The van der Waals surface area contributed by atoms with Crippen LogP contribution in [0.2, 0.25) is 0 Å². The molecule has 2 nitrogen and oxygen atoms in total. The van der Waals surface area contributed by atoms with Gasteiger partial charge in [0.2, 0.25) is 5.79 Å². The van der Waals surface area contributed by atoms with Gasteiger partial charge < -0.3 is 9.47 Å². The molecule has 2 heterocycles. The molecule has 1 aliphatic heterocycles. The first-order valence-electron chi connectivity index (χ1n) is 4.56. The van der Waals surface area contributed by atoms with Crippen LogP contribution in [0.3, 0.4) is 0 Å². The SMILES string of the molecule is C[C@@H]1CCO[C@](C)(c2cccs2)O1. The van der Waals surface area contributed by atoms with Crippen molar-refractivity contribution in [3.05, 3.63) is 22.4 Å². The maximum absolute atomic E-state index is 5.81. The van der Waals surface area contributed by atoms with Crippen molar-refractivity contribution in [3.63, 3.8) is 0 Å². The molecule has 1 aromatic rings. The molecule has 0 saturated carbocycles. The van der Waals surface area contributed by atoms with Gasteiger partial charge in [-0.2, -0.15) is 0 Å². The Hall–Kier alpha value is -0.380. The average molecular weight is 198 g/mol. The molecular formula is C10H14O2S. The molecule has 0 amide bonds. The Morgan fingerprint density at radius 3 is 3.08 bits per heavy atom. The summed E-state index contributed by atoms with van der Waals surface area (Å²) in [5.41, 5.74) is 0. The fourth-order valence-electron chi connectivity index (χ4n) is 1.56. The highest BCUT2D eigenvalue weighted by Gasteiger charge is 2.34. The molecule has 0 aromatic carbocycles. The van der Waals surface area contributed by atoms with E-state index in [2.05, 4.69) is 13.0 Å². The highest BCUT2D eigenvalue weighted by atomic mass is 32.1. The lowest BCUT2D eigenvalue weighted by Gasteiger charge is -2.36. The molecule has 0 unspecified atom stereocenters. The zero-order valence-electron chi connectivity index (χ0n) is 7.95. The lowest BCUT2D eigenvalue weighted by molar-refractivity contribution is -0.287. The van der Waals surface area contributed by atoms with E-state index in [9.17, 15) is 0 Å². The van der Waals surface area contributed by atoms with Crippen LogP contribution in [0.25, 0.3) is 0 Å². The van der Waals surface area contributed by atoms with Crippen molar-refractivity contribution in [1.29, 1.82) is 0 Å². The first-order chi connectivity index (χ1) is 6.21. The van der Waals surface area contributed by atoms with Crippen LogP contribution >= 0.6 is 11.3 Å². The van der Waals surface area contributed by atoms with Gasteiger partial charge in [0.05, 0.1) is 17.6 Å². The Labute approximate surface area is 82.5 Å². The van der Waals surface area contributed by atoms with Gasteiger partial charge in [-0.05, 0) is 31.7 Å². The third-order valence-electron chi connectivity index (χ3n) is 2.30. The third-order valence-corrected chi connectivity index (χ3v) is 3.35. The van der Waals surface area contributed by atoms with Crippen LogP contribution in [-0.2, 0) is 15.3 Å². The van der Waals surface area contributed by atoms with E-state index in [0.717, 1.165) is 17.9 Å². The third kappa shape index (κ3) is 1.77. The van der Waals surface area contributed by atoms with Gasteiger partial charge in [0.15, 0.2) is 0 Å². The van der Waals surface area contributed by atoms with Crippen LogP contribution in [0.1, 0.15) is 25.1 Å². The first-order valence-corrected chi connectivity index (χ1v) is 5.44. The smallest absolute Gasteiger partial charge is 0.201 e. The molecule has 72 valence electrons. The second-order valence-corrected chi connectivity index (χ2v) is 4.44. The Morgan fingerprint density at radius 1 is 1.62 bits per heavy atom. The van der Waals surface area contributed by atoms with E-state index in [0.29, 0.717) is 6.10 Å². The fourth-order valence-corrected chi connectivity index (χ4v) is 2.34. The maximum atomic E-state index is 5.81. The van der Waals surface area contributed by atoms with Gasteiger partial charge in [-0.25, -0.2) is 0 Å². The largest absolute Gasteiger partial charge is 0.345 e. The maximum Gasteiger partial charge on any atom is 0.201 e. The molecule has 0 spiro atoms. The van der Waals surface area contributed by atoms with Gasteiger partial charge in [0.25, 0.3) is 0 Å². The first kappa shape index (κ1) is 9.19. The Kier molecular flexibility index (Phi) is 2.41. The van der Waals surface area contributed by atoms with E-state index >= 15 is 0 Å². The number of hydrogen-bond donors (Lipinski definition) is 0. The fraction of sp³-hybridized carbons (Fsp3) is 0.600. The molecule has 13 heavy (non-hydrogen) atoms. The summed E-state index contributed by atoms with van der Waals surface area (Å²) < 4.78 is 11.5. The quantitative estimate of drug-likeness (QED) is 0.690. The van der Waals surface area contributed by atoms with E-state index in [1.807, 2.05) is 18.4 Å². The zero-order chi connectivity index (χ0) is 9.31. The summed E-state index contributed by atoms with van der Waals surface area (Å²) in [5.74, 6) is -0.508. The molecule has 2 atom stereocenters. The zero-order valence-corrected chi connectivity index (χ0v) is 8.76. The van der Waals surface area contributed by atoms with E-state index < -0.39 is 5.79 Å². The Bertz CT molecular complexity index is 270. The number of ether oxygens (including phenoxy) is 2. The van der Waals surface area contributed by atoms with Gasteiger partial charge in [0, 0.05) is 0 Å². The highest BCUT2D eigenvalue weighted by molar-refractivity contribution is 7.10. The minimum absolute atomic E-state index is 0.292. The predicted octanol–water partition coefficient (Wildman–Crippen LogP) is 2.75. The van der Waals surface area contributed by atoms with Crippen LogP contribution in [0, 0.1) is 0 Å². The van der Waals surface area contributed by atoms with Crippen molar-refractivity contribution < 1.29 is 9.47 Å². The van der Waals surface area contributed by atoms with Gasteiger partial charge in [-0.3, -0.25) is 0 Å². The predicted molar refractivity (Wildman–Crippen MR) is 52.8 cm³/mol. The van der Waals surface area contributed by atoms with Crippen LogP contribution in [-0.4, -0.2) is 12.7 Å². The van der Waals surface area contributed by atoms with Crippen LogP contribution in [0.4, 0.5) is 0 Å². The standard InChI is InChI=1S/C10H14O2S/c1-8-5-6-11-10(2,12-8)9-4-3-7-13-9/h3-4,7-8H,5-6H2,1-2H3/t8-,10+/m1/s1. The summed E-state index contributed by atoms with van der Waals surface area (Å²) >= 11 is 1.68.